The molecule has 2 heterocycles. The van der Waals surface area contributed by atoms with Crippen LogP contribution in [0.2, 0.25) is 0 Å². The highest BCUT2D eigenvalue weighted by atomic mass is 19.4. The van der Waals surface area contributed by atoms with Gasteiger partial charge < -0.3 is 15.5 Å². The number of nitrogens with zero attached hydrogens (tertiary/aromatic N) is 3. The average molecular weight is 409 g/mol. The lowest BCUT2D eigenvalue weighted by Crippen LogP contribution is -2.43. The molecule has 1 aromatic heterocycles. The third-order valence-electron chi connectivity index (χ3n) is 4.59. The summed E-state index contributed by atoms with van der Waals surface area (Å²) < 4.78 is 68.1. The zero-order chi connectivity index (χ0) is 20.6. The minimum atomic E-state index is -4.80. The van der Waals surface area contributed by atoms with Crippen molar-refractivity contribution in [3.8, 4) is 0 Å². The van der Waals surface area contributed by atoms with Crippen molar-refractivity contribution in [1.82, 2.24) is 15.3 Å². The molecule has 2 aromatic carbocycles. The van der Waals surface area contributed by atoms with E-state index in [0.717, 1.165) is 31.3 Å². The summed E-state index contributed by atoms with van der Waals surface area (Å²) in [5, 5.41) is 5.34. The van der Waals surface area contributed by atoms with E-state index in [0.29, 0.717) is 18.8 Å². The third kappa shape index (κ3) is 4.07. The van der Waals surface area contributed by atoms with Crippen LogP contribution in [-0.4, -0.2) is 36.1 Å². The first kappa shape index (κ1) is 19.3. The highest BCUT2D eigenvalue weighted by molar-refractivity contribution is 5.83. The molecule has 0 bridgehead atoms. The molecule has 4 rings (SSSR count). The number of aromatic nitrogens is 2. The summed E-state index contributed by atoms with van der Waals surface area (Å²) in [6.07, 6.45) is -4.80. The summed E-state index contributed by atoms with van der Waals surface area (Å²) >= 11 is 0. The minimum Gasteiger partial charge on any atom is -0.367 e. The van der Waals surface area contributed by atoms with E-state index in [2.05, 4.69) is 20.6 Å². The molecular weight excluding hydrogens is 393 g/mol. The lowest BCUT2D eigenvalue weighted by Gasteiger charge is -2.29. The molecular formula is C19H16F5N5. The number of hydrogen-bond donors (Lipinski definition) is 2. The number of anilines is 3. The maximum absolute atomic E-state index is 14.5. The van der Waals surface area contributed by atoms with Crippen LogP contribution in [0.3, 0.4) is 0 Å². The molecule has 0 saturated carbocycles. The van der Waals surface area contributed by atoms with Gasteiger partial charge in [0.15, 0.2) is 5.69 Å². The summed E-state index contributed by atoms with van der Waals surface area (Å²) in [5.74, 6) is -1.68. The van der Waals surface area contributed by atoms with Crippen LogP contribution in [0, 0.1) is 11.6 Å². The van der Waals surface area contributed by atoms with Crippen LogP contribution < -0.4 is 15.5 Å². The second-order valence-electron chi connectivity index (χ2n) is 6.58. The van der Waals surface area contributed by atoms with Gasteiger partial charge in [-0.05, 0) is 36.4 Å². The number of alkyl halides is 3. The van der Waals surface area contributed by atoms with Gasteiger partial charge in [-0.2, -0.15) is 13.2 Å². The first-order chi connectivity index (χ1) is 13.8. The average Bonchev–Trinajstić information content (AvgIpc) is 2.68. The van der Waals surface area contributed by atoms with Crippen LogP contribution in [0.5, 0.6) is 0 Å². The third-order valence-corrected chi connectivity index (χ3v) is 4.59. The van der Waals surface area contributed by atoms with Crippen molar-refractivity contribution in [1.29, 1.82) is 0 Å². The molecule has 10 heteroatoms. The number of hydrogen-bond acceptors (Lipinski definition) is 5. The van der Waals surface area contributed by atoms with Crippen LogP contribution in [0.4, 0.5) is 39.3 Å². The maximum Gasteiger partial charge on any atom is 0.434 e. The number of benzene rings is 2. The Kier molecular flexibility index (Phi) is 4.95. The van der Waals surface area contributed by atoms with E-state index in [9.17, 15) is 22.0 Å². The molecule has 1 saturated heterocycles. The zero-order valence-electron chi connectivity index (χ0n) is 15.0. The molecule has 0 spiro atoms. The number of rotatable bonds is 3. The van der Waals surface area contributed by atoms with Gasteiger partial charge in [-0.3, -0.25) is 0 Å². The number of fused-ring (bicyclic) bond motifs is 1. The largest absolute Gasteiger partial charge is 0.434 e. The first-order valence-corrected chi connectivity index (χ1v) is 8.88. The first-order valence-electron chi connectivity index (χ1n) is 8.88. The fourth-order valence-corrected chi connectivity index (χ4v) is 3.25. The van der Waals surface area contributed by atoms with Crippen LogP contribution >= 0.6 is 0 Å². The number of nitrogens with one attached hydrogen (secondary N) is 2. The molecule has 1 aliphatic rings. The summed E-state index contributed by atoms with van der Waals surface area (Å²) in [6.45, 7) is 2.79. The zero-order valence-corrected chi connectivity index (χ0v) is 15.0. The lowest BCUT2D eigenvalue weighted by molar-refractivity contribution is -0.139. The molecule has 1 aliphatic heterocycles. The van der Waals surface area contributed by atoms with E-state index in [1.807, 2.05) is 4.90 Å². The van der Waals surface area contributed by atoms with Gasteiger partial charge in [-0.25, -0.2) is 18.7 Å². The molecule has 0 unspecified atom stereocenters. The second-order valence-corrected chi connectivity index (χ2v) is 6.58. The fourth-order valence-electron chi connectivity index (χ4n) is 3.25. The van der Waals surface area contributed by atoms with Gasteiger partial charge >= 0.3 is 6.18 Å². The smallest absolute Gasteiger partial charge is 0.367 e. The van der Waals surface area contributed by atoms with Crippen LogP contribution in [-0.2, 0) is 6.18 Å². The van der Waals surface area contributed by atoms with Crippen molar-refractivity contribution in [2.45, 2.75) is 6.18 Å². The van der Waals surface area contributed by atoms with Crippen LogP contribution in [0.1, 0.15) is 5.69 Å². The monoisotopic (exact) mass is 409 g/mol. The number of halogens is 5. The van der Waals surface area contributed by atoms with E-state index in [4.69, 9.17) is 0 Å². The normalized spacial score (nSPS) is 15.0. The minimum absolute atomic E-state index is 0.0749. The molecule has 0 atom stereocenters. The van der Waals surface area contributed by atoms with E-state index >= 15 is 0 Å². The molecule has 0 amide bonds. The Balaban J connectivity index is 1.67. The van der Waals surface area contributed by atoms with E-state index in [1.165, 1.54) is 6.07 Å². The Morgan fingerprint density at radius 1 is 0.966 bits per heavy atom. The molecule has 2 N–H and O–H groups in total. The van der Waals surface area contributed by atoms with Crippen LogP contribution in [0.25, 0.3) is 10.9 Å². The molecule has 29 heavy (non-hydrogen) atoms. The predicted molar refractivity (Wildman–Crippen MR) is 99.3 cm³/mol. The highest BCUT2D eigenvalue weighted by Gasteiger charge is 2.35. The molecule has 5 nitrogen and oxygen atoms in total. The van der Waals surface area contributed by atoms with Crippen molar-refractivity contribution in [3.05, 3.63) is 53.7 Å². The van der Waals surface area contributed by atoms with Gasteiger partial charge in [-0.1, -0.05) is 0 Å². The topological polar surface area (TPSA) is 53.1 Å². The quantitative estimate of drug-likeness (QED) is 0.639. The van der Waals surface area contributed by atoms with E-state index in [1.54, 1.807) is 12.1 Å². The van der Waals surface area contributed by atoms with Gasteiger partial charge in [0.25, 0.3) is 0 Å². The molecule has 3 aromatic rings. The predicted octanol–water partition coefficient (Wildman–Crippen LogP) is 4.08. The Hall–Kier alpha value is -3.01. The van der Waals surface area contributed by atoms with Crippen molar-refractivity contribution < 1.29 is 22.0 Å². The Morgan fingerprint density at radius 3 is 2.41 bits per heavy atom. The molecule has 0 radical (unpaired) electrons. The van der Waals surface area contributed by atoms with Crippen molar-refractivity contribution in [2.75, 3.05) is 36.4 Å². The van der Waals surface area contributed by atoms with Gasteiger partial charge in [0, 0.05) is 37.3 Å². The summed E-state index contributed by atoms with van der Waals surface area (Å²) in [6, 6.07) is 7.19. The molecule has 1 fully saturated rings. The fraction of sp³-hybridized carbons (Fsp3) is 0.263. The highest BCUT2D eigenvalue weighted by Crippen LogP contribution is 2.34. The van der Waals surface area contributed by atoms with Crippen LogP contribution in [0.15, 0.2) is 36.4 Å². The molecule has 152 valence electrons. The Labute approximate surface area is 162 Å². The van der Waals surface area contributed by atoms with E-state index < -0.39 is 28.9 Å². The summed E-state index contributed by atoms with van der Waals surface area (Å²) in [5.41, 5.74) is -0.713. The van der Waals surface area contributed by atoms with Crippen molar-refractivity contribution in [2.24, 2.45) is 0 Å². The standard InChI is InChI=1S/C19H16F5N5/c20-11-1-3-15-13(9-11)17(19(22,23)24)28-18(27-15)26-12-2-4-16(14(21)10-12)29-7-5-25-6-8-29/h1-4,9-10,25H,5-8H2,(H,26,27,28). The second kappa shape index (κ2) is 7.43. The van der Waals surface area contributed by atoms with E-state index in [-0.39, 0.29) is 17.2 Å². The van der Waals surface area contributed by atoms with Gasteiger partial charge in [0.05, 0.1) is 11.2 Å². The van der Waals surface area contributed by atoms with Gasteiger partial charge in [0.1, 0.15) is 11.6 Å². The maximum atomic E-state index is 14.5. The lowest BCUT2D eigenvalue weighted by atomic mass is 10.1. The summed E-state index contributed by atoms with van der Waals surface area (Å²) in [4.78, 5) is 9.38. The van der Waals surface area contributed by atoms with Gasteiger partial charge in [0.2, 0.25) is 5.95 Å². The summed E-state index contributed by atoms with van der Waals surface area (Å²) in [7, 11) is 0. The number of piperazine rings is 1. The SMILES string of the molecule is Fc1ccc2nc(Nc3ccc(N4CCNCC4)c(F)c3)nc(C(F)(F)F)c2c1. The Bertz CT molecular complexity index is 1050. The van der Waals surface area contributed by atoms with Crippen molar-refractivity contribution >= 4 is 28.2 Å². The van der Waals surface area contributed by atoms with Crippen molar-refractivity contribution in [3.63, 3.8) is 0 Å². The Morgan fingerprint density at radius 2 is 1.72 bits per heavy atom. The molecule has 0 aliphatic carbocycles. The van der Waals surface area contributed by atoms with Gasteiger partial charge in [-0.15, -0.1) is 0 Å².